The Morgan fingerprint density at radius 2 is 2.15 bits per heavy atom. The first-order chi connectivity index (χ1) is 12.7. The van der Waals surface area contributed by atoms with E-state index in [4.69, 9.17) is 9.52 Å². The van der Waals surface area contributed by atoms with Gasteiger partial charge in [-0.05, 0) is 43.5 Å². The van der Waals surface area contributed by atoms with Gasteiger partial charge in [0.15, 0.2) is 0 Å². The maximum Gasteiger partial charge on any atom is 0.257 e. The third-order valence-electron chi connectivity index (χ3n) is 5.43. The minimum atomic E-state index is -0.144. The Labute approximate surface area is 158 Å². The molecule has 0 N–H and O–H groups in total. The van der Waals surface area contributed by atoms with E-state index in [2.05, 4.69) is 18.0 Å². The molecule has 1 saturated carbocycles. The van der Waals surface area contributed by atoms with Gasteiger partial charge in [0.2, 0.25) is 0 Å². The average Bonchev–Trinajstić information content (AvgIpc) is 3.42. The molecule has 0 aromatic carbocycles. The molecule has 2 aromatic heterocycles. The van der Waals surface area contributed by atoms with E-state index >= 15 is 0 Å². The second-order valence-corrected chi connectivity index (χ2v) is 8.15. The summed E-state index contributed by atoms with van der Waals surface area (Å²) < 4.78 is 5.61. The van der Waals surface area contributed by atoms with Crippen LogP contribution in [0.25, 0.3) is 0 Å². The molecule has 1 aliphatic carbocycles. The van der Waals surface area contributed by atoms with Gasteiger partial charge in [-0.15, -0.1) is 11.3 Å². The lowest BCUT2D eigenvalue weighted by Gasteiger charge is -2.32. The van der Waals surface area contributed by atoms with Crippen molar-refractivity contribution in [1.29, 1.82) is 0 Å². The zero-order valence-corrected chi connectivity index (χ0v) is 16.0. The van der Waals surface area contributed by atoms with Crippen LogP contribution in [0, 0.1) is 0 Å². The molecular formula is C20H25N3O2S. The summed E-state index contributed by atoms with van der Waals surface area (Å²) in [6.45, 7) is 0.406. The van der Waals surface area contributed by atoms with Gasteiger partial charge in [0.05, 0.1) is 23.4 Å². The first-order valence-corrected chi connectivity index (χ1v) is 10.3. The first-order valence-electron chi connectivity index (χ1n) is 9.39. The fraction of sp³-hybridized carbons (Fsp3) is 0.500. The van der Waals surface area contributed by atoms with E-state index in [1.807, 2.05) is 23.6 Å². The van der Waals surface area contributed by atoms with Crippen molar-refractivity contribution in [2.45, 2.75) is 50.6 Å². The van der Waals surface area contributed by atoms with Crippen LogP contribution < -0.4 is 0 Å². The highest BCUT2D eigenvalue weighted by atomic mass is 32.1. The van der Waals surface area contributed by atoms with Crippen molar-refractivity contribution >= 4 is 23.0 Å². The highest BCUT2D eigenvalue weighted by Crippen LogP contribution is 2.34. The van der Waals surface area contributed by atoms with Gasteiger partial charge in [-0.1, -0.05) is 25.3 Å². The molecule has 5 nitrogen and oxygen atoms in total. The van der Waals surface area contributed by atoms with Crippen LogP contribution in [0.3, 0.4) is 0 Å². The lowest BCUT2D eigenvalue weighted by Crippen LogP contribution is -2.41. The van der Waals surface area contributed by atoms with Gasteiger partial charge in [-0.2, -0.15) is 5.10 Å². The van der Waals surface area contributed by atoms with Gasteiger partial charge >= 0.3 is 0 Å². The summed E-state index contributed by atoms with van der Waals surface area (Å²) >= 11 is 1.66. The van der Waals surface area contributed by atoms with Gasteiger partial charge in [0.1, 0.15) is 11.8 Å². The molecule has 0 spiro atoms. The molecule has 1 fully saturated rings. The van der Waals surface area contributed by atoms with Crippen molar-refractivity contribution in [1.82, 2.24) is 9.91 Å². The van der Waals surface area contributed by atoms with Gasteiger partial charge in [-0.3, -0.25) is 9.69 Å². The van der Waals surface area contributed by atoms with Crippen LogP contribution >= 0.6 is 11.3 Å². The van der Waals surface area contributed by atoms with Gasteiger partial charge in [0.25, 0.3) is 5.91 Å². The number of carbonyl (C=O) groups excluding carboxylic acids is 1. The Morgan fingerprint density at radius 1 is 1.31 bits per heavy atom. The van der Waals surface area contributed by atoms with Crippen molar-refractivity contribution in [3.63, 3.8) is 0 Å². The summed E-state index contributed by atoms with van der Waals surface area (Å²) in [5, 5.41) is 8.38. The predicted molar refractivity (Wildman–Crippen MR) is 103 cm³/mol. The van der Waals surface area contributed by atoms with Crippen molar-refractivity contribution in [2.24, 2.45) is 5.10 Å². The largest absolute Gasteiger partial charge is 0.467 e. The number of hydrogen-bond donors (Lipinski definition) is 0. The molecule has 138 valence electrons. The Kier molecular flexibility index (Phi) is 5.22. The van der Waals surface area contributed by atoms with E-state index in [0.717, 1.165) is 16.3 Å². The fourth-order valence-electron chi connectivity index (χ4n) is 3.97. The van der Waals surface area contributed by atoms with Crippen LogP contribution in [-0.4, -0.2) is 41.2 Å². The highest BCUT2D eigenvalue weighted by molar-refractivity contribution is 7.12. The molecule has 4 rings (SSSR count). The quantitative estimate of drug-likeness (QED) is 0.788. The molecule has 3 heterocycles. The number of thiophene rings is 1. The number of carbonyl (C=O) groups is 1. The molecule has 26 heavy (non-hydrogen) atoms. The summed E-state index contributed by atoms with van der Waals surface area (Å²) in [4.78, 5) is 16.4. The number of amides is 1. The zero-order valence-electron chi connectivity index (χ0n) is 15.1. The van der Waals surface area contributed by atoms with Crippen LogP contribution in [0.15, 0.2) is 45.4 Å². The van der Waals surface area contributed by atoms with E-state index in [-0.39, 0.29) is 11.9 Å². The standard InChI is InChI=1S/C20H25N3O2S/c1-22(15-7-3-2-4-8-15)14-20(24)23-17(18-9-5-11-25-18)13-16(21-23)19-10-6-12-26-19/h5-6,9-12,15,17H,2-4,7-8,13-14H2,1H3. The molecule has 0 radical (unpaired) electrons. The lowest BCUT2D eigenvalue weighted by atomic mass is 9.94. The topological polar surface area (TPSA) is 49.1 Å². The molecule has 0 bridgehead atoms. The Balaban J connectivity index is 1.51. The summed E-state index contributed by atoms with van der Waals surface area (Å²) in [5.41, 5.74) is 0.968. The number of rotatable bonds is 5. The van der Waals surface area contributed by atoms with Gasteiger partial charge in [-0.25, -0.2) is 5.01 Å². The van der Waals surface area contributed by atoms with Crippen molar-refractivity contribution in [3.8, 4) is 0 Å². The van der Waals surface area contributed by atoms with E-state index in [1.165, 1.54) is 32.1 Å². The van der Waals surface area contributed by atoms with Crippen molar-refractivity contribution in [2.75, 3.05) is 13.6 Å². The van der Waals surface area contributed by atoms with E-state index in [9.17, 15) is 4.79 Å². The lowest BCUT2D eigenvalue weighted by molar-refractivity contribution is -0.135. The Bertz CT molecular complexity index is 748. The number of hydrogen-bond acceptors (Lipinski definition) is 5. The predicted octanol–water partition coefficient (Wildman–Crippen LogP) is 4.28. The molecule has 1 atom stereocenters. The van der Waals surface area contributed by atoms with Crippen molar-refractivity contribution < 1.29 is 9.21 Å². The molecule has 6 heteroatoms. The third kappa shape index (κ3) is 3.62. The fourth-order valence-corrected chi connectivity index (χ4v) is 4.69. The van der Waals surface area contributed by atoms with Crippen LogP contribution in [0.4, 0.5) is 0 Å². The summed E-state index contributed by atoms with van der Waals surface area (Å²) in [5.74, 6) is 0.847. The summed E-state index contributed by atoms with van der Waals surface area (Å²) in [6, 6.07) is 8.25. The highest BCUT2D eigenvalue weighted by Gasteiger charge is 2.36. The molecular weight excluding hydrogens is 346 g/mol. The van der Waals surface area contributed by atoms with Crippen LogP contribution in [0.2, 0.25) is 0 Å². The van der Waals surface area contributed by atoms with Crippen molar-refractivity contribution in [3.05, 3.63) is 46.5 Å². The van der Waals surface area contributed by atoms with Crippen LogP contribution in [-0.2, 0) is 4.79 Å². The number of hydrazone groups is 1. The SMILES string of the molecule is CN(CC(=O)N1N=C(c2cccs2)CC1c1ccco1)C1CCCCC1. The van der Waals surface area contributed by atoms with Gasteiger partial charge < -0.3 is 4.42 Å². The molecule has 1 amide bonds. The van der Waals surface area contributed by atoms with Crippen LogP contribution in [0.1, 0.15) is 55.2 Å². The normalized spacial score (nSPS) is 21.4. The first kappa shape index (κ1) is 17.5. The molecule has 1 unspecified atom stereocenters. The number of likely N-dealkylation sites (N-methyl/N-ethyl adjacent to an activating group) is 1. The molecule has 1 aliphatic heterocycles. The summed E-state index contributed by atoms with van der Waals surface area (Å²) in [7, 11) is 2.07. The monoisotopic (exact) mass is 371 g/mol. The van der Waals surface area contributed by atoms with E-state index in [1.54, 1.807) is 22.6 Å². The smallest absolute Gasteiger partial charge is 0.257 e. The average molecular weight is 372 g/mol. The molecule has 2 aromatic rings. The molecule has 0 saturated heterocycles. The van der Waals surface area contributed by atoms with Crippen LogP contribution in [0.5, 0.6) is 0 Å². The Morgan fingerprint density at radius 3 is 2.85 bits per heavy atom. The van der Waals surface area contributed by atoms with Gasteiger partial charge in [0, 0.05) is 12.5 Å². The Hall–Kier alpha value is -1.92. The number of furan rings is 1. The third-order valence-corrected chi connectivity index (χ3v) is 6.34. The maximum absolute atomic E-state index is 13.1. The number of nitrogens with zero attached hydrogens (tertiary/aromatic N) is 3. The maximum atomic E-state index is 13.1. The second-order valence-electron chi connectivity index (χ2n) is 7.20. The van der Waals surface area contributed by atoms with E-state index in [0.29, 0.717) is 19.0 Å². The molecule has 2 aliphatic rings. The zero-order chi connectivity index (χ0) is 17.9. The summed E-state index contributed by atoms with van der Waals surface area (Å²) in [6.07, 6.45) is 8.59. The second kappa shape index (κ2) is 7.76. The minimum Gasteiger partial charge on any atom is -0.467 e. The van der Waals surface area contributed by atoms with E-state index < -0.39 is 0 Å². The minimum absolute atomic E-state index is 0.0472.